The van der Waals surface area contributed by atoms with Gasteiger partial charge in [-0.05, 0) is 43.5 Å². The van der Waals surface area contributed by atoms with E-state index < -0.39 is 0 Å². The van der Waals surface area contributed by atoms with Crippen molar-refractivity contribution in [3.63, 3.8) is 0 Å². The first-order chi connectivity index (χ1) is 13.4. The van der Waals surface area contributed by atoms with E-state index in [1.165, 1.54) is 0 Å². The van der Waals surface area contributed by atoms with Crippen molar-refractivity contribution in [1.29, 1.82) is 0 Å². The summed E-state index contributed by atoms with van der Waals surface area (Å²) in [5.74, 6) is 0.0836. The molecule has 0 fully saturated rings. The number of hydrogen-bond acceptors (Lipinski definition) is 2. The van der Waals surface area contributed by atoms with E-state index >= 15 is 0 Å². The Morgan fingerprint density at radius 2 is 1.68 bits per heavy atom. The van der Waals surface area contributed by atoms with Crippen molar-refractivity contribution < 1.29 is 9.59 Å². The molecular formula is C23H31N3O2. The van der Waals surface area contributed by atoms with Gasteiger partial charge in [0, 0.05) is 25.3 Å². The number of nitrogens with zero attached hydrogens (tertiary/aromatic N) is 2. The van der Waals surface area contributed by atoms with Gasteiger partial charge in [0.2, 0.25) is 5.91 Å². The third-order valence-corrected chi connectivity index (χ3v) is 4.40. The monoisotopic (exact) mass is 381 g/mol. The number of carbonyl (C=O) groups is 2. The topological polar surface area (TPSA) is 52.7 Å². The van der Waals surface area contributed by atoms with Crippen molar-refractivity contribution in [3.8, 4) is 0 Å². The maximum Gasteiger partial charge on any atom is 0.322 e. The maximum absolute atomic E-state index is 12.8. The molecule has 0 atom stereocenters. The van der Waals surface area contributed by atoms with Crippen molar-refractivity contribution in [2.75, 3.05) is 18.5 Å². The average molecular weight is 382 g/mol. The number of amides is 3. The minimum absolute atomic E-state index is 0.0400. The maximum atomic E-state index is 12.8. The number of carbonyl (C=O) groups excluding carboxylic acids is 2. The number of benzene rings is 2. The third kappa shape index (κ3) is 6.41. The molecule has 1 N–H and O–H groups in total. The van der Waals surface area contributed by atoms with E-state index in [-0.39, 0.29) is 18.0 Å². The Morgan fingerprint density at radius 3 is 2.32 bits per heavy atom. The molecule has 0 spiro atoms. The normalized spacial score (nSPS) is 10.6. The van der Waals surface area contributed by atoms with Crippen molar-refractivity contribution in [3.05, 3.63) is 65.7 Å². The minimum Gasteiger partial charge on any atom is -0.345 e. The van der Waals surface area contributed by atoms with Crippen LogP contribution in [0.1, 0.15) is 38.3 Å². The fourth-order valence-corrected chi connectivity index (χ4v) is 2.98. The van der Waals surface area contributed by atoms with Gasteiger partial charge in [0.25, 0.3) is 0 Å². The summed E-state index contributed by atoms with van der Waals surface area (Å²) >= 11 is 0. The summed E-state index contributed by atoms with van der Waals surface area (Å²) in [6, 6.07) is 17.5. The zero-order chi connectivity index (χ0) is 20.5. The van der Waals surface area contributed by atoms with Gasteiger partial charge in [0.15, 0.2) is 0 Å². The molecule has 28 heavy (non-hydrogen) atoms. The second-order valence-corrected chi connectivity index (χ2v) is 7.34. The van der Waals surface area contributed by atoms with Crippen molar-refractivity contribution in [1.82, 2.24) is 10.2 Å². The predicted octanol–water partition coefficient (Wildman–Crippen LogP) is 4.22. The van der Waals surface area contributed by atoms with Gasteiger partial charge in [-0.15, -0.1) is 0 Å². The SMILES string of the molecule is CCCN(C)C(=O)Cc1cccc(N(Cc2ccccc2)C(=O)NC(C)C)c1. The van der Waals surface area contributed by atoms with E-state index in [1.807, 2.05) is 75.5 Å². The molecule has 0 bridgehead atoms. The quantitative estimate of drug-likeness (QED) is 0.744. The van der Waals surface area contributed by atoms with Gasteiger partial charge < -0.3 is 10.2 Å². The van der Waals surface area contributed by atoms with E-state index in [2.05, 4.69) is 12.2 Å². The molecule has 2 aromatic carbocycles. The number of likely N-dealkylation sites (N-methyl/N-ethyl adjacent to an activating group) is 1. The van der Waals surface area contributed by atoms with Gasteiger partial charge in [-0.2, -0.15) is 0 Å². The van der Waals surface area contributed by atoms with E-state index in [9.17, 15) is 9.59 Å². The van der Waals surface area contributed by atoms with E-state index in [1.54, 1.807) is 9.80 Å². The second kappa shape index (κ2) is 10.5. The third-order valence-electron chi connectivity index (χ3n) is 4.40. The lowest BCUT2D eigenvalue weighted by molar-refractivity contribution is -0.129. The molecule has 0 radical (unpaired) electrons. The molecule has 150 valence electrons. The first-order valence-corrected chi connectivity index (χ1v) is 9.85. The molecule has 0 aliphatic heterocycles. The second-order valence-electron chi connectivity index (χ2n) is 7.34. The Labute approximate surface area is 168 Å². The summed E-state index contributed by atoms with van der Waals surface area (Å²) in [4.78, 5) is 28.7. The fourth-order valence-electron chi connectivity index (χ4n) is 2.98. The molecule has 0 aliphatic rings. The molecule has 5 heteroatoms. The molecule has 0 aromatic heterocycles. The van der Waals surface area contributed by atoms with Crippen molar-refractivity contribution in [2.24, 2.45) is 0 Å². The summed E-state index contributed by atoms with van der Waals surface area (Å²) in [7, 11) is 1.83. The summed E-state index contributed by atoms with van der Waals surface area (Å²) in [6.07, 6.45) is 1.26. The number of urea groups is 1. The van der Waals surface area contributed by atoms with Gasteiger partial charge in [-0.3, -0.25) is 9.69 Å². The summed E-state index contributed by atoms with van der Waals surface area (Å²) in [5.41, 5.74) is 2.73. The highest BCUT2D eigenvalue weighted by atomic mass is 16.2. The van der Waals surface area contributed by atoms with Crippen LogP contribution in [0.15, 0.2) is 54.6 Å². The van der Waals surface area contributed by atoms with Gasteiger partial charge in [0.05, 0.1) is 13.0 Å². The highest BCUT2D eigenvalue weighted by molar-refractivity contribution is 5.92. The van der Waals surface area contributed by atoms with Crippen molar-refractivity contribution in [2.45, 2.75) is 46.2 Å². The molecule has 0 saturated heterocycles. The van der Waals surface area contributed by atoms with Crippen LogP contribution < -0.4 is 10.2 Å². The average Bonchev–Trinajstić information content (AvgIpc) is 2.66. The number of rotatable bonds is 8. The first-order valence-electron chi connectivity index (χ1n) is 9.85. The Morgan fingerprint density at radius 1 is 1.00 bits per heavy atom. The van der Waals surface area contributed by atoms with E-state index in [4.69, 9.17) is 0 Å². The Kier molecular flexibility index (Phi) is 8.05. The van der Waals surface area contributed by atoms with Crippen LogP contribution in [0.3, 0.4) is 0 Å². The molecule has 0 unspecified atom stereocenters. The lowest BCUT2D eigenvalue weighted by Gasteiger charge is -2.25. The number of anilines is 1. The highest BCUT2D eigenvalue weighted by Crippen LogP contribution is 2.20. The zero-order valence-electron chi connectivity index (χ0n) is 17.3. The van der Waals surface area contributed by atoms with Gasteiger partial charge in [-0.1, -0.05) is 49.4 Å². The van der Waals surface area contributed by atoms with Gasteiger partial charge >= 0.3 is 6.03 Å². The summed E-state index contributed by atoms with van der Waals surface area (Å²) < 4.78 is 0. The molecule has 0 aliphatic carbocycles. The molecule has 0 saturated carbocycles. The zero-order valence-corrected chi connectivity index (χ0v) is 17.3. The number of nitrogens with one attached hydrogen (secondary N) is 1. The standard InChI is InChI=1S/C23H31N3O2/c1-5-14-25(4)22(27)16-20-12-9-13-21(15-20)26(23(28)24-18(2)3)17-19-10-7-6-8-11-19/h6-13,15,18H,5,14,16-17H2,1-4H3,(H,24,28). The van der Waals surface area contributed by atoms with Crippen LogP contribution in [0.5, 0.6) is 0 Å². The van der Waals surface area contributed by atoms with Crippen LogP contribution in [0.2, 0.25) is 0 Å². The lowest BCUT2D eigenvalue weighted by Crippen LogP contribution is -2.42. The lowest BCUT2D eigenvalue weighted by atomic mass is 10.1. The van der Waals surface area contributed by atoms with E-state index in [0.29, 0.717) is 13.0 Å². The van der Waals surface area contributed by atoms with Gasteiger partial charge in [-0.25, -0.2) is 4.79 Å². The number of hydrogen-bond donors (Lipinski definition) is 1. The summed E-state index contributed by atoms with van der Waals surface area (Å²) in [5, 5.41) is 2.97. The molecule has 3 amide bonds. The first kappa shape index (κ1) is 21.5. The van der Waals surface area contributed by atoms with Gasteiger partial charge in [0.1, 0.15) is 0 Å². The molecule has 5 nitrogen and oxygen atoms in total. The smallest absolute Gasteiger partial charge is 0.322 e. The fraction of sp³-hybridized carbons (Fsp3) is 0.391. The molecular weight excluding hydrogens is 350 g/mol. The Hall–Kier alpha value is -2.82. The van der Waals surface area contributed by atoms with Crippen LogP contribution in [0.4, 0.5) is 10.5 Å². The van der Waals surface area contributed by atoms with Crippen LogP contribution in [0, 0.1) is 0 Å². The molecule has 2 rings (SSSR count). The van der Waals surface area contributed by atoms with Crippen molar-refractivity contribution >= 4 is 17.6 Å². The Balaban J connectivity index is 2.24. The molecule has 0 heterocycles. The van der Waals surface area contributed by atoms with E-state index in [0.717, 1.165) is 29.8 Å². The Bertz CT molecular complexity index is 774. The predicted molar refractivity (Wildman–Crippen MR) is 114 cm³/mol. The minimum atomic E-state index is -0.148. The van der Waals surface area contributed by atoms with Crippen LogP contribution in [-0.4, -0.2) is 36.5 Å². The highest BCUT2D eigenvalue weighted by Gasteiger charge is 2.18. The van der Waals surface area contributed by atoms with Crippen LogP contribution >= 0.6 is 0 Å². The van der Waals surface area contributed by atoms with Crippen LogP contribution in [0.25, 0.3) is 0 Å². The van der Waals surface area contributed by atoms with Crippen LogP contribution in [-0.2, 0) is 17.8 Å². The largest absolute Gasteiger partial charge is 0.345 e. The molecule has 2 aromatic rings. The summed E-state index contributed by atoms with van der Waals surface area (Å²) in [6.45, 7) is 7.15.